The van der Waals surface area contributed by atoms with Gasteiger partial charge in [-0.3, -0.25) is 4.79 Å². The highest BCUT2D eigenvalue weighted by Crippen LogP contribution is 2.40. The summed E-state index contributed by atoms with van der Waals surface area (Å²) in [6.45, 7) is 5.85. The van der Waals surface area contributed by atoms with Gasteiger partial charge in [-0.15, -0.1) is 0 Å². The Morgan fingerprint density at radius 2 is 1.90 bits per heavy atom. The van der Waals surface area contributed by atoms with Gasteiger partial charge in [0.2, 0.25) is 5.95 Å². The predicted molar refractivity (Wildman–Crippen MR) is 119 cm³/mol. The highest BCUT2D eigenvalue weighted by atomic mass is 16.5. The van der Waals surface area contributed by atoms with Crippen molar-refractivity contribution in [1.29, 1.82) is 0 Å². The largest absolute Gasteiger partial charge is 0.497 e. The van der Waals surface area contributed by atoms with Crippen LogP contribution in [0.2, 0.25) is 0 Å². The molecule has 1 amide bonds. The van der Waals surface area contributed by atoms with Crippen LogP contribution in [-0.4, -0.2) is 34.9 Å². The third-order valence-electron chi connectivity index (χ3n) is 5.40. The molecule has 0 saturated heterocycles. The lowest BCUT2D eigenvalue weighted by molar-refractivity contribution is -0.113. The minimum Gasteiger partial charge on any atom is -0.497 e. The van der Waals surface area contributed by atoms with Crippen LogP contribution < -0.4 is 20.1 Å². The first-order valence-corrected chi connectivity index (χ1v) is 9.90. The number of allylic oxidation sites excluding steroid dienone is 1. The number of rotatable bonds is 5. The minimum atomic E-state index is -0.547. The fourth-order valence-corrected chi connectivity index (χ4v) is 3.87. The van der Waals surface area contributed by atoms with E-state index < -0.39 is 6.04 Å². The fourth-order valence-electron chi connectivity index (χ4n) is 3.87. The van der Waals surface area contributed by atoms with Gasteiger partial charge in [0.25, 0.3) is 5.91 Å². The topological polar surface area (TPSA) is 90.3 Å². The Hall–Kier alpha value is -3.81. The van der Waals surface area contributed by atoms with Gasteiger partial charge < -0.3 is 20.1 Å². The fraction of sp³-hybridized carbons (Fsp3) is 0.261. The molecule has 4 rings (SSSR count). The molecule has 8 heteroatoms. The number of hydrogen-bond acceptors (Lipinski definition) is 6. The van der Waals surface area contributed by atoms with E-state index in [1.54, 1.807) is 18.9 Å². The summed E-state index contributed by atoms with van der Waals surface area (Å²) < 4.78 is 12.7. The Morgan fingerprint density at radius 3 is 2.61 bits per heavy atom. The third-order valence-corrected chi connectivity index (χ3v) is 5.40. The quantitative estimate of drug-likeness (QED) is 0.653. The van der Waals surface area contributed by atoms with Crippen LogP contribution in [0.1, 0.15) is 29.7 Å². The van der Waals surface area contributed by atoms with Crippen LogP contribution in [-0.2, 0) is 4.79 Å². The van der Waals surface area contributed by atoms with Gasteiger partial charge in [-0.2, -0.15) is 10.1 Å². The number of anilines is 2. The van der Waals surface area contributed by atoms with Gasteiger partial charge in [-0.05, 0) is 50.6 Å². The first-order chi connectivity index (χ1) is 14.9. The Kier molecular flexibility index (Phi) is 5.37. The summed E-state index contributed by atoms with van der Waals surface area (Å²) in [7, 11) is 3.20. The standard InChI is InChI=1S/C23H25N5O3/c1-13-6-8-18(14(2)10-13)27-22(29)20-15(3)26-23-24-12-25-28(23)21(20)17-11-16(30-4)7-9-19(17)31-5/h6-12,21H,1-5H3,(H,27,29)(H,24,25,26)/t21-/m1/s1. The number of amides is 1. The summed E-state index contributed by atoms with van der Waals surface area (Å²) >= 11 is 0. The molecule has 1 aromatic heterocycles. The first kappa shape index (κ1) is 20.5. The average Bonchev–Trinajstić information content (AvgIpc) is 3.22. The Morgan fingerprint density at radius 1 is 1.10 bits per heavy atom. The van der Waals surface area contributed by atoms with Gasteiger partial charge in [-0.1, -0.05) is 17.7 Å². The number of fused-ring (bicyclic) bond motifs is 1. The second-order valence-corrected chi connectivity index (χ2v) is 7.47. The van der Waals surface area contributed by atoms with Gasteiger partial charge in [0.15, 0.2) is 0 Å². The number of nitrogens with zero attached hydrogens (tertiary/aromatic N) is 3. The van der Waals surface area contributed by atoms with Gasteiger partial charge in [0.1, 0.15) is 23.9 Å². The van der Waals surface area contributed by atoms with Gasteiger partial charge in [0, 0.05) is 16.9 Å². The van der Waals surface area contributed by atoms with Crippen LogP contribution in [0.4, 0.5) is 11.6 Å². The van der Waals surface area contributed by atoms with Crippen molar-refractivity contribution in [2.24, 2.45) is 0 Å². The number of methoxy groups -OCH3 is 2. The van der Waals surface area contributed by atoms with Crippen LogP contribution in [0, 0.1) is 13.8 Å². The van der Waals surface area contributed by atoms with Crippen molar-refractivity contribution in [3.8, 4) is 11.5 Å². The molecule has 1 aliphatic rings. The second-order valence-electron chi connectivity index (χ2n) is 7.47. The Bertz CT molecular complexity index is 1180. The molecular formula is C23H25N5O3. The van der Waals surface area contributed by atoms with E-state index in [1.165, 1.54) is 6.33 Å². The molecule has 0 fully saturated rings. The molecule has 2 heterocycles. The molecule has 8 nitrogen and oxygen atoms in total. The molecule has 1 aliphatic heterocycles. The Labute approximate surface area is 180 Å². The SMILES string of the molecule is COc1ccc(OC)c([C@@H]2C(C(=O)Nc3ccc(C)cc3C)=C(C)Nc3ncnn32)c1. The summed E-state index contributed by atoms with van der Waals surface area (Å²) in [6.07, 6.45) is 1.46. The molecule has 1 atom stereocenters. The normalized spacial score (nSPS) is 15.2. The number of hydrogen-bond donors (Lipinski definition) is 2. The van der Waals surface area contributed by atoms with Gasteiger partial charge in [-0.25, -0.2) is 4.68 Å². The zero-order chi connectivity index (χ0) is 22.1. The van der Waals surface area contributed by atoms with E-state index in [4.69, 9.17) is 9.47 Å². The molecule has 31 heavy (non-hydrogen) atoms. The summed E-state index contributed by atoms with van der Waals surface area (Å²) in [6, 6.07) is 10.9. The zero-order valence-corrected chi connectivity index (χ0v) is 18.2. The predicted octanol–water partition coefficient (Wildman–Crippen LogP) is 3.84. The van der Waals surface area contributed by atoms with Crippen molar-refractivity contribution in [3.63, 3.8) is 0 Å². The van der Waals surface area contributed by atoms with Crippen molar-refractivity contribution in [3.05, 3.63) is 70.7 Å². The van der Waals surface area contributed by atoms with E-state index in [9.17, 15) is 4.79 Å². The molecule has 0 unspecified atom stereocenters. The van der Waals surface area contributed by atoms with E-state index in [1.807, 2.05) is 57.2 Å². The number of nitrogens with one attached hydrogen (secondary N) is 2. The van der Waals surface area contributed by atoms with Gasteiger partial charge in [0.05, 0.1) is 19.8 Å². The third kappa shape index (κ3) is 3.72. The molecule has 2 aromatic carbocycles. The number of aromatic nitrogens is 3. The second kappa shape index (κ2) is 8.14. The molecule has 0 bridgehead atoms. The summed E-state index contributed by atoms with van der Waals surface area (Å²) in [5, 5.41) is 10.6. The van der Waals surface area contributed by atoms with Crippen molar-refractivity contribution in [1.82, 2.24) is 14.8 Å². The van der Waals surface area contributed by atoms with Gasteiger partial charge >= 0.3 is 0 Å². The van der Waals surface area contributed by atoms with E-state index in [-0.39, 0.29) is 5.91 Å². The van der Waals surface area contributed by atoms with E-state index in [0.717, 1.165) is 22.4 Å². The van der Waals surface area contributed by atoms with E-state index >= 15 is 0 Å². The zero-order valence-electron chi connectivity index (χ0n) is 18.2. The highest BCUT2D eigenvalue weighted by molar-refractivity contribution is 6.06. The van der Waals surface area contributed by atoms with Crippen LogP contribution >= 0.6 is 0 Å². The summed E-state index contributed by atoms with van der Waals surface area (Å²) in [5.41, 5.74) is 4.85. The molecule has 0 aliphatic carbocycles. The van der Waals surface area contributed by atoms with Crippen molar-refractivity contribution in [2.75, 3.05) is 24.9 Å². The van der Waals surface area contributed by atoms with Crippen molar-refractivity contribution >= 4 is 17.5 Å². The summed E-state index contributed by atoms with van der Waals surface area (Å²) in [5.74, 6) is 1.60. The molecule has 0 saturated carbocycles. The van der Waals surface area contributed by atoms with Crippen LogP contribution in [0.25, 0.3) is 0 Å². The molecule has 0 spiro atoms. The molecule has 160 valence electrons. The lowest BCUT2D eigenvalue weighted by Gasteiger charge is -2.30. The lowest BCUT2D eigenvalue weighted by atomic mass is 9.94. The Balaban J connectivity index is 1.83. The van der Waals surface area contributed by atoms with Crippen molar-refractivity contribution in [2.45, 2.75) is 26.8 Å². The maximum Gasteiger partial charge on any atom is 0.255 e. The maximum atomic E-state index is 13.5. The monoisotopic (exact) mass is 419 g/mol. The number of carbonyl (C=O) groups is 1. The van der Waals surface area contributed by atoms with Crippen molar-refractivity contribution < 1.29 is 14.3 Å². The van der Waals surface area contributed by atoms with Crippen LogP contribution in [0.5, 0.6) is 11.5 Å². The average molecular weight is 419 g/mol. The van der Waals surface area contributed by atoms with Crippen LogP contribution in [0.3, 0.4) is 0 Å². The first-order valence-electron chi connectivity index (χ1n) is 9.90. The molecule has 0 radical (unpaired) electrons. The highest BCUT2D eigenvalue weighted by Gasteiger charge is 2.35. The smallest absolute Gasteiger partial charge is 0.255 e. The lowest BCUT2D eigenvalue weighted by Crippen LogP contribution is -2.32. The van der Waals surface area contributed by atoms with Crippen LogP contribution in [0.15, 0.2) is 54.0 Å². The molecular weight excluding hydrogens is 394 g/mol. The molecule has 2 N–H and O–H groups in total. The number of carbonyl (C=O) groups excluding carboxylic acids is 1. The number of aryl methyl sites for hydroxylation is 2. The molecule has 3 aromatic rings. The minimum absolute atomic E-state index is 0.229. The van der Waals surface area contributed by atoms with E-state index in [2.05, 4.69) is 20.7 Å². The number of benzene rings is 2. The summed E-state index contributed by atoms with van der Waals surface area (Å²) in [4.78, 5) is 17.8. The van der Waals surface area contributed by atoms with E-state index in [0.29, 0.717) is 28.7 Å². The maximum absolute atomic E-state index is 13.5. The number of ether oxygens (including phenoxy) is 2.